The van der Waals surface area contributed by atoms with Crippen LogP contribution in [0.25, 0.3) is 10.2 Å². The van der Waals surface area contributed by atoms with Gasteiger partial charge >= 0.3 is 4.87 Å². The Labute approximate surface area is 207 Å². The molecule has 1 aliphatic rings. The van der Waals surface area contributed by atoms with Gasteiger partial charge in [-0.25, -0.2) is 4.98 Å². The second kappa shape index (κ2) is 9.95. The van der Waals surface area contributed by atoms with Gasteiger partial charge in [-0.1, -0.05) is 35.6 Å². The SMILES string of the molecule is COc1cccc(CC(=O)N2CCC(c3nccn3Cn3c(=O)sc4ccccc43)CC2)c1OC. The summed E-state index contributed by atoms with van der Waals surface area (Å²) in [5.41, 5.74) is 1.76. The van der Waals surface area contributed by atoms with Crippen LogP contribution in [0.5, 0.6) is 11.5 Å². The number of methoxy groups -OCH3 is 2. The van der Waals surface area contributed by atoms with Gasteiger partial charge in [0.05, 0.1) is 30.9 Å². The van der Waals surface area contributed by atoms with E-state index in [1.165, 1.54) is 11.3 Å². The molecule has 1 amide bonds. The molecular formula is C26H28N4O4S. The number of piperidine rings is 1. The summed E-state index contributed by atoms with van der Waals surface area (Å²) < 4.78 is 15.7. The van der Waals surface area contributed by atoms with Crippen LogP contribution in [0.15, 0.2) is 59.7 Å². The number of para-hydroxylation sites is 2. The van der Waals surface area contributed by atoms with Gasteiger partial charge < -0.3 is 18.9 Å². The first-order valence-electron chi connectivity index (χ1n) is 11.7. The fourth-order valence-electron chi connectivity index (χ4n) is 4.86. The summed E-state index contributed by atoms with van der Waals surface area (Å²) in [7, 11) is 3.18. The van der Waals surface area contributed by atoms with Crippen LogP contribution in [-0.2, 0) is 17.9 Å². The van der Waals surface area contributed by atoms with E-state index in [-0.39, 0.29) is 23.1 Å². The van der Waals surface area contributed by atoms with E-state index in [2.05, 4.69) is 9.55 Å². The third kappa shape index (κ3) is 4.55. The average Bonchev–Trinajstić information content (AvgIpc) is 3.48. The number of likely N-dealkylation sites (tertiary alicyclic amines) is 1. The zero-order valence-electron chi connectivity index (χ0n) is 19.8. The number of fused-ring (bicyclic) bond motifs is 1. The molecular weight excluding hydrogens is 464 g/mol. The molecule has 35 heavy (non-hydrogen) atoms. The Morgan fingerprint density at radius 3 is 2.66 bits per heavy atom. The minimum absolute atomic E-state index is 0.0271. The number of aromatic nitrogens is 3. The van der Waals surface area contributed by atoms with Crippen LogP contribution in [0.1, 0.15) is 30.1 Å². The number of thiazole rings is 1. The van der Waals surface area contributed by atoms with E-state index >= 15 is 0 Å². The monoisotopic (exact) mass is 492 g/mol. The van der Waals surface area contributed by atoms with Crippen molar-refractivity contribution >= 4 is 27.5 Å². The van der Waals surface area contributed by atoms with Crippen molar-refractivity contribution in [3.05, 3.63) is 75.9 Å². The van der Waals surface area contributed by atoms with Crippen LogP contribution in [0.3, 0.4) is 0 Å². The zero-order chi connectivity index (χ0) is 24.4. The van der Waals surface area contributed by atoms with Crippen molar-refractivity contribution in [1.29, 1.82) is 0 Å². The summed E-state index contributed by atoms with van der Waals surface area (Å²) in [6.45, 7) is 1.78. The van der Waals surface area contributed by atoms with E-state index in [9.17, 15) is 9.59 Å². The third-order valence-electron chi connectivity index (χ3n) is 6.65. The van der Waals surface area contributed by atoms with Crippen molar-refractivity contribution in [3.63, 3.8) is 0 Å². The molecule has 0 bridgehead atoms. The lowest BCUT2D eigenvalue weighted by Crippen LogP contribution is -2.39. The second-order valence-corrected chi connectivity index (χ2v) is 9.64. The van der Waals surface area contributed by atoms with Crippen molar-refractivity contribution in [2.75, 3.05) is 27.3 Å². The largest absolute Gasteiger partial charge is 0.493 e. The summed E-state index contributed by atoms with van der Waals surface area (Å²) in [6.07, 6.45) is 5.66. The molecule has 2 aromatic carbocycles. The van der Waals surface area contributed by atoms with Gasteiger partial charge in [0.25, 0.3) is 0 Å². The Morgan fingerprint density at radius 2 is 1.89 bits per heavy atom. The van der Waals surface area contributed by atoms with Gasteiger partial charge in [0, 0.05) is 37.0 Å². The number of amides is 1. The lowest BCUT2D eigenvalue weighted by molar-refractivity contribution is -0.131. The number of benzene rings is 2. The Morgan fingerprint density at radius 1 is 1.09 bits per heavy atom. The quantitative estimate of drug-likeness (QED) is 0.393. The van der Waals surface area contributed by atoms with Gasteiger partial charge in [-0.2, -0.15) is 0 Å². The maximum Gasteiger partial charge on any atom is 0.309 e. The molecule has 0 atom stereocenters. The molecule has 0 saturated carbocycles. The van der Waals surface area contributed by atoms with Gasteiger partial charge in [-0.05, 0) is 31.0 Å². The highest BCUT2D eigenvalue weighted by Gasteiger charge is 2.27. The van der Waals surface area contributed by atoms with Gasteiger partial charge in [-0.3, -0.25) is 14.2 Å². The van der Waals surface area contributed by atoms with Crippen LogP contribution in [0.2, 0.25) is 0 Å². The lowest BCUT2D eigenvalue weighted by atomic mass is 9.95. The van der Waals surface area contributed by atoms with Crippen molar-refractivity contribution in [1.82, 2.24) is 19.0 Å². The smallest absolute Gasteiger partial charge is 0.309 e. The fraction of sp³-hybridized carbons (Fsp3) is 0.346. The van der Waals surface area contributed by atoms with Crippen molar-refractivity contribution < 1.29 is 14.3 Å². The van der Waals surface area contributed by atoms with E-state index in [4.69, 9.17) is 9.47 Å². The van der Waals surface area contributed by atoms with Crippen molar-refractivity contribution in [3.8, 4) is 11.5 Å². The predicted octanol–water partition coefficient (Wildman–Crippen LogP) is 3.73. The molecule has 5 rings (SSSR count). The molecule has 0 radical (unpaired) electrons. The number of carbonyl (C=O) groups is 1. The van der Waals surface area contributed by atoms with Crippen molar-refractivity contribution in [2.24, 2.45) is 0 Å². The molecule has 0 unspecified atom stereocenters. The number of carbonyl (C=O) groups excluding carboxylic acids is 1. The maximum absolute atomic E-state index is 13.0. The third-order valence-corrected chi connectivity index (χ3v) is 7.61. The highest BCUT2D eigenvalue weighted by molar-refractivity contribution is 7.16. The number of nitrogens with zero attached hydrogens (tertiary/aromatic N) is 4. The van der Waals surface area contributed by atoms with Crippen LogP contribution < -0.4 is 14.3 Å². The summed E-state index contributed by atoms with van der Waals surface area (Å²) in [5, 5.41) is 0. The molecule has 2 aromatic heterocycles. The molecule has 0 N–H and O–H groups in total. The second-order valence-electron chi connectivity index (χ2n) is 8.64. The normalized spacial score (nSPS) is 14.4. The Balaban J connectivity index is 1.26. The minimum Gasteiger partial charge on any atom is -0.493 e. The Hall–Kier alpha value is -3.59. The molecule has 0 spiro atoms. The van der Waals surface area contributed by atoms with Gasteiger partial charge in [-0.15, -0.1) is 0 Å². The topological polar surface area (TPSA) is 78.6 Å². The van der Waals surface area contributed by atoms with Crippen LogP contribution in [0.4, 0.5) is 0 Å². The van der Waals surface area contributed by atoms with E-state index in [1.54, 1.807) is 25.0 Å². The molecule has 9 heteroatoms. The first-order valence-corrected chi connectivity index (χ1v) is 12.5. The molecule has 1 saturated heterocycles. The van der Waals surface area contributed by atoms with Crippen LogP contribution in [-0.4, -0.2) is 52.2 Å². The van der Waals surface area contributed by atoms with Gasteiger partial charge in [0.15, 0.2) is 11.5 Å². The standard InChI is InChI=1S/C26H28N4O4S/c1-33-21-8-5-6-19(24(21)34-2)16-23(31)28-13-10-18(11-14-28)25-27-12-15-29(25)17-30-20-7-3-4-9-22(20)35-26(30)32/h3-9,12,15,18H,10-11,13-14,16-17H2,1-2H3. The number of rotatable bonds is 7. The molecule has 1 fully saturated rings. The number of hydrogen-bond acceptors (Lipinski definition) is 6. The molecule has 1 aliphatic heterocycles. The van der Waals surface area contributed by atoms with Crippen molar-refractivity contribution in [2.45, 2.75) is 31.8 Å². The highest BCUT2D eigenvalue weighted by Crippen LogP contribution is 2.32. The fourth-order valence-corrected chi connectivity index (χ4v) is 5.74. The van der Waals surface area contributed by atoms with Crippen LogP contribution in [0, 0.1) is 0 Å². The molecule has 0 aliphatic carbocycles. The molecule has 8 nitrogen and oxygen atoms in total. The molecule has 4 aromatic rings. The summed E-state index contributed by atoms with van der Waals surface area (Å²) in [4.78, 5) is 32.2. The van der Waals surface area contributed by atoms with E-state index < -0.39 is 0 Å². The van der Waals surface area contributed by atoms with E-state index in [0.717, 1.165) is 34.4 Å². The summed E-state index contributed by atoms with van der Waals surface area (Å²) >= 11 is 1.26. The lowest BCUT2D eigenvalue weighted by Gasteiger charge is -2.32. The summed E-state index contributed by atoms with van der Waals surface area (Å²) in [5.74, 6) is 2.52. The highest BCUT2D eigenvalue weighted by atomic mass is 32.1. The summed E-state index contributed by atoms with van der Waals surface area (Å²) in [6, 6.07) is 13.5. The Kier molecular flexibility index (Phi) is 6.59. The van der Waals surface area contributed by atoms with E-state index in [1.807, 2.05) is 53.6 Å². The first-order chi connectivity index (χ1) is 17.1. The average molecular weight is 493 g/mol. The van der Waals surface area contributed by atoms with Crippen LogP contribution >= 0.6 is 11.3 Å². The maximum atomic E-state index is 13.0. The predicted molar refractivity (Wildman–Crippen MR) is 136 cm³/mol. The minimum atomic E-state index is 0.0271. The number of imidazole rings is 1. The Bertz CT molecular complexity index is 1400. The molecule has 3 heterocycles. The number of ether oxygens (including phenoxy) is 2. The van der Waals surface area contributed by atoms with Gasteiger partial charge in [0.1, 0.15) is 12.5 Å². The first kappa shape index (κ1) is 23.2. The van der Waals surface area contributed by atoms with E-state index in [0.29, 0.717) is 31.3 Å². The molecule has 182 valence electrons. The number of hydrogen-bond donors (Lipinski definition) is 0. The van der Waals surface area contributed by atoms with Gasteiger partial charge in [0.2, 0.25) is 5.91 Å². The zero-order valence-corrected chi connectivity index (χ0v) is 20.7.